The molecule has 4 nitrogen and oxygen atoms in total. The van der Waals surface area contributed by atoms with Gasteiger partial charge in [0.25, 0.3) is 0 Å². The summed E-state index contributed by atoms with van der Waals surface area (Å²) < 4.78 is 9.39. The minimum absolute atomic E-state index is 0.255. The van der Waals surface area contributed by atoms with Gasteiger partial charge in [0.2, 0.25) is 0 Å². The van der Waals surface area contributed by atoms with Crippen LogP contribution in [0.25, 0.3) is 0 Å². The van der Waals surface area contributed by atoms with E-state index in [9.17, 15) is 9.59 Å². The molecule has 0 bridgehead atoms. The molecule has 1 aliphatic rings. The van der Waals surface area contributed by atoms with Crippen LogP contribution in [0, 0.1) is 0 Å². The lowest BCUT2D eigenvalue weighted by molar-refractivity contribution is -0.144. The summed E-state index contributed by atoms with van der Waals surface area (Å²) >= 11 is 10.6. The van der Waals surface area contributed by atoms with Gasteiger partial charge in [0, 0.05) is 0 Å². The summed E-state index contributed by atoms with van der Waals surface area (Å²) in [7, 11) is 0. The summed E-state index contributed by atoms with van der Waals surface area (Å²) in [6, 6.07) is 0. The Bertz CT molecular complexity index is 229. The van der Waals surface area contributed by atoms with Crippen LogP contribution in [-0.4, -0.2) is 35.4 Å². The van der Waals surface area contributed by atoms with Crippen LogP contribution in [-0.2, 0) is 19.1 Å². The SMILES string of the molecule is CCOC(=O)[C@H]1O[C@@H]1C(=O)C(Cl)Cl. The van der Waals surface area contributed by atoms with Gasteiger partial charge in [0.15, 0.2) is 22.8 Å². The van der Waals surface area contributed by atoms with E-state index in [0.717, 1.165) is 0 Å². The number of halogens is 2. The number of alkyl halides is 2. The Balaban J connectivity index is 2.37. The third-order valence-electron chi connectivity index (χ3n) is 1.51. The molecule has 74 valence electrons. The number of hydrogen-bond donors (Lipinski definition) is 0. The molecule has 0 N–H and O–H groups in total. The van der Waals surface area contributed by atoms with Gasteiger partial charge >= 0.3 is 5.97 Å². The molecule has 1 heterocycles. The Morgan fingerprint density at radius 2 is 2.08 bits per heavy atom. The first-order valence-corrected chi connectivity index (χ1v) is 4.59. The maximum atomic E-state index is 11.0. The zero-order valence-electron chi connectivity index (χ0n) is 6.83. The van der Waals surface area contributed by atoms with E-state index in [-0.39, 0.29) is 6.61 Å². The van der Waals surface area contributed by atoms with Crippen LogP contribution in [0.15, 0.2) is 0 Å². The second-order valence-corrected chi connectivity index (χ2v) is 3.53. The molecule has 1 saturated heterocycles. The molecule has 0 aromatic rings. The number of ether oxygens (including phenoxy) is 2. The molecule has 0 aliphatic carbocycles. The van der Waals surface area contributed by atoms with Gasteiger partial charge in [0.05, 0.1) is 6.61 Å². The fourth-order valence-electron chi connectivity index (χ4n) is 0.857. The van der Waals surface area contributed by atoms with Crippen LogP contribution in [0.3, 0.4) is 0 Å². The van der Waals surface area contributed by atoms with Crippen molar-refractivity contribution in [1.29, 1.82) is 0 Å². The van der Waals surface area contributed by atoms with Gasteiger partial charge in [0.1, 0.15) is 0 Å². The third kappa shape index (κ3) is 2.56. The Kier molecular flexibility index (Phi) is 3.53. The first kappa shape index (κ1) is 10.8. The molecule has 1 aliphatic heterocycles. The molecule has 0 amide bonds. The van der Waals surface area contributed by atoms with Crippen molar-refractivity contribution in [3.8, 4) is 0 Å². The zero-order chi connectivity index (χ0) is 10.0. The molecule has 0 spiro atoms. The highest BCUT2D eigenvalue weighted by Gasteiger charge is 2.52. The monoisotopic (exact) mass is 226 g/mol. The van der Waals surface area contributed by atoms with Crippen LogP contribution in [0.1, 0.15) is 6.92 Å². The molecule has 2 atom stereocenters. The highest BCUT2D eigenvalue weighted by atomic mass is 35.5. The molecule has 6 heteroatoms. The van der Waals surface area contributed by atoms with Crippen LogP contribution in [0.5, 0.6) is 0 Å². The fraction of sp³-hybridized carbons (Fsp3) is 0.714. The average molecular weight is 227 g/mol. The Labute approximate surface area is 85.1 Å². The fourth-order valence-corrected chi connectivity index (χ4v) is 1.10. The summed E-state index contributed by atoms with van der Waals surface area (Å²) in [6.45, 7) is 1.92. The second kappa shape index (κ2) is 4.26. The van der Waals surface area contributed by atoms with E-state index in [4.69, 9.17) is 27.9 Å². The summed E-state index contributed by atoms with van der Waals surface area (Å²) in [6.07, 6.45) is -1.63. The Hall–Kier alpha value is -0.320. The van der Waals surface area contributed by atoms with Crippen LogP contribution < -0.4 is 0 Å². The summed E-state index contributed by atoms with van der Waals surface area (Å²) in [5.74, 6) is -1.05. The van der Waals surface area contributed by atoms with E-state index < -0.39 is 28.8 Å². The quantitative estimate of drug-likeness (QED) is 0.402. The summed E-state index contributed by atoms with van der Waals surface area (Å²) in [4.78, 5) is 20.8. The van der Waals surface area contributed by atoms with Crippen molar-refractivity contribution in [2.24, 2.45) is 0 Å². The number of carbonyl (C=O) groups is 2. The van der Waals surface area contributed by atoms with E-state index >= 15 is 0 Å². The van der Waals surface area contributed by atoms with Crippen molar-refractivity contribution in [3.05, 3.63) is 0 Å². The standard InChI is InChI=1S/C7H8Cl2O4/c1-2-12-7(11)5-4(13-5)3(10)6(8)9/h4-6H,2H2,1H3/t4-,5+/m1/s1. The molecule has 0 aromatic heterocycles. The van der Waals surface area contributed by atoms with Gasteiger partial charge in [-0.3, -0.25) is 4.79 Å². The largest absolute Gasteiger partial charge is 0.464 e. The number of carbonyl (C=O) groups excluding carboxylic acids is 2. The first-order valence-electron chi connectivity index (χ1n) is 3.72. The van der Waals surface area contributed by atoms with E-state index in [1.807, 2.05) is 0 Å². The average Bonchev–Trinajstić information content (AvgIpc) is 2.82. The van der Waals surface area contributed by atoms with Gasteiger partial charge in [-0.1, -0.05) is 23.2 Å². The number of Topliss-reactive ketones (excluding diaryl/α,β-unsaturated/α-hetero) is 1. The van der Waals surface area contributed by atoms with Gasteiger partial charge in [-0.2, -0.15) is 0 Å². The maximum absolute atomic E-state index is 11.0. The zero-order valence-corrected chi connectivity index (χ0v) is 8.34. The van der Waals surface area contributed by atoms with Crippen LogP contribution in [0.4, 0.5) is 0 Å². The lowest BCUT2D eigenvalue weighted by Gasteiger charge is -1.96. The summed E-state index contributed by atoms with van der Waals surface area (Å²) in [5.41, 5.74) is 0. The van der Waals surface area contributed by atoms with Crippen molar-refractivity contribution in [2.45, 2.75) is 24.0 Å². The van der Waals surface area contributed by atoms with Crippen LogP contribution >= 0.6 is 23.2 Å². The minimum atomic E-state index is -1.15. The van der Waals surface area contributed by atoms with Crippen LogP contribution in [0.2, 0.25) is 0 Å². The Morgan fingerprint density at radius 3 is 2.54 bits per heavy atom. The topological polar surface area (TPSA) is 55.9 Å². The lowest BCUT2D eigenvalue weighted by Crippen LogP contribution is -2.22. The summed E-state index contributed by atoms with van der Waals surface area (Å²) in [5, 5.41) is 0. The van der Waals surface area contributed by atoms with Crippen molar-refractivity contribution >= 4 is 35.0 Å². The van der Waals surface area contributed by atoms with E-state index in [1.165, 1.54) is 0 Å². The first-order chi connectivity index (χ1) is 6.07. The molecule has 1 fully saturated rings. The van der Waals surface area contributed by atoms with Crippen molar-refractivity contribution in [2.75, 3.05) is 6.61 Å². The predicted molar refractivity (Wildman–Crippen MR) is 45.8 cm³/mol. The normalized spacial score (nSPS) is 25.8. The smallest absolute Gasteiger partial charge is 0.338 e. The molecule has 0 unspecified atom stereocenters. The number of epoxide rings is 1. The molecule has 0 radical (unpaired) electrons. The van der Waals surface area contributed by atoms with Crippen molar-refractivity contribution < 1.29 is 19.1 Å². The molecular formula is C7H8Cl2O4. The molecule has 0 aromatic carbocycles. The molecule has 1 rings (SSSR count). The van der Waals surface area contributed by atoms with Gasteiger partial charge < -0.3 is 9.47 Å². The lowest BCUT2D eigenvalue weighted by atomic mass is 10.2. The second-order valence-electron chi connectivity index (χ2n) is 2.43. The predicted octanol–water partition coefficient (Wildman–Crippen LogP) is 0.690. The highest BCUT2D eigenvalue weighted by molar-refractivity contribution is 6.54. The number of rotatable bonds is 4. The minimum Gasteiger partial charge on any atom is -0.464 e. The molecule has 0 saturated carbocycles. The van der Waals surface area contributed by atoms with E-state index in [2.05, 4.69) is 4.74 Å². The van der Waals surface area contributed by atoms with E-state index in [0.29, 0.717) is 0 Å². The van der Waals surface area contributed by atoms with Crippen molar-refractivity contribution in [3.63, 3.8) is 0 Å². The highest BCUT2D eigenvalue weighted by Crippen LogP contribution is 2.27. The van der Waals surface area contributed by atoms with Gasteiger partial charge in [-0.25, -0.2) is 4.79 Å². The molecular weight excluding hydrogens is 219 g/mol. The van der Waals surface area contributed by atoms with E-state index in [1.54, 1.807) is 6.92 Å². The van der Waals surface area contributed by atoms with Gasteiger partial charge in [-0.05, 0) is 6.92 Å². The van der Waals surface area contributed by atoms with Crippen molar-refractivity contribution in [1.82, 2.24) is 0 Å². The maximum Gasteiger partial charge on any atom is 0.338 e. The Morgan fingerprint density at radius 1 is 1.46 bits per heavy atom. The number of hydrogen-bond acceptors (Lipinski definition) is 4. The number of ketones is 1. The molecule has 13 heavy (non-hydrogen) atoms. The van der Waals surface area contributed by atoms with Gasteiger partial charge in [-0.15, -0.1) is 0 Å². The third-order valence-corrected chi connectivity index (χ3v) is 1.94. The number of esters is 1.